The fraction of sp³-hybridized carbons (Fsp3) is 0.0769. The molecule has 1 unspecified atom stereocenters. The van der Waals surface area contributed by atoms with Crippen LogP contribution in [0.15, 0.2) is 40.9 Å². The summed E-state index contributed by atoms with van der Waals surface area (Å²) in [7, 11) is 0. The average Bonchev–Trinajstić information content (AvgIpc) is 2.31. The van der Waals surface area contributed by atoms with Crippen LogP contribution in [-0.2, 0) is 0 Å². The van der Waals surface area contributed by atoms with Crippen molar-refractivity contribution >= 4 is 27.5 Å². The fourth-order valence-corrected chi connectivity index (χ4v) is 2.26. The summed E-state index contributed by atoms with van der Waals surface area (Å²) in [6.07, 6.45) is -1.24. The normalized spacial score (nSPS) is 12.5. The Morgan fingerprint density at radius 3 is 2.44 bits per heavy atom. The Labute approximate surface area is 116 Å². The van der Waals surface area contributed by atoms with Gasteiger partial charge in [0.05, 0.1) is 0 Å². The zero-order chi connectivity index (χ0) is 13.3. The highest BCUT2D eigenvalue weighted by Crippen LogP contribution is 2.31. The van der Waals surface area contributed by atoms with Crippen LogP contribution in [0.5, 0.6) is 0 Å². The van der Waals surface area contributed by atoms with Gasteiger partial charge in [-0.25, -0.2) is 8.78 Å². The molecule has 0 spiro atoms. The van der Waals surface area contributed by atoms with E-state index in [2.05, 4.69) is 15.9 Å². The summed E-state index contributed by atoms with van der Waals surface area (Å²) < 4.78 is 27.2. The lowest BCUT2D eigenvalue weighted by atomic mass is 10.0. The van der Waals surface area contributed by atoms with E-state index in [1.807, 2.05) is 0 Å². The lowest BCUT2D eigenvalue weighted by molar-refractivity contribution is 0.215. The minimum Gasteiger partial charge on any atom is -0.383 e. The molecule has 1 N–H and O–H groups in total. The van der Waals surface area contributed by atoms with Crippen LogP contribution in [0.2, 0.25) is 5.02 Å². The van der Waals surface area contributed by atoms with Gasteiger partial charge in [0, 0.05) is 20.6 Å². The molecule has 1 nitrogen and oxygen atoms in total. The van der Waals surface area contributed by atoms with Gasteiger partial charge in [0.15, 0.2) is 0 Å². The van der Waals surface area contributed by atoms with Gasteiger partial charge in [-0.05, 0) is 30.3 Å². The quantitative estimate of drug-likeness (QED) is 0.860. The molecule has 18 heavy (non-hydrogen) atoms. The maximum absolute atomic E-state index is 13.6. The third-order valence-corrected chi connectivity index (χ3v) is 3.33. The fourth-order valence-electron chi connectivity index (χ4n) is 1.61. The molecule has 0 heterocycles. The van der Waals surface area contributed by atoms with Gasteiger partial charge < -0.3 is 5.11 Å². The summed E-state index contributed by atoms with van der Waals surface area (Å²) in [5, 5.41) is 10.2. The van der Waals surface area contributed by atoms with Gasteiger partial charge in [0.2, 0.25) is 0 Å². The van der Waals surface area contributed by atoms with E-state index in [-0.39, 0.29) is 16.1 Å². The summed E-state index contributed by atoms with van der Waals surface area (Å²) in [4.78, 5) is 0. The van der Waals surface area contributed by atoms with Crippen molar-refractivity contribution in [2.24, 2.45) is 0 Å². The zero-order valence-electron chi connectivity index (χ0n) is 9.00. The standard InChI is InChI=1S/C13H8BrClF2O/c14-7-1-4-12(17)10(5-7)13(18)9-3-2-8(16)6-11(9)15/h1-6,13,18H. The van der Waals surface area contributed by atoms with Gasteiger partial charge in [-0.2, -0.15) is 0 Å². The van der Waals surface area contributed by atoms with E-state index in [0.29, 0.717) is 4.47 Å². The number of hydrogen-bond donors (Lipinski definition) is 1. The second kappa shape index (κ2) is 5.34. The van der Waals surface area contributed by atoms with Crippen molar-refractivity contribution in [1.82, 2.24) is 0 Å². The van der Waals surface area contributed by atoms with Gasteiger partial charge >= 0.3 is 0 Å². The Hall–Kier alpha value is -0.970. The molecule has 0 radical (unpaired) electrons. The van der Waals surface area contributed by atoms with E-state index >= 15 is 0 Å². The van der Waals surface area contributed by atoms with Gasteiger partial charge in [-0.15, -0.1) is 0 Å². The number of aliphatic hydroxyl groups is 1. The minimum atomic E-state index is -1.24. The first-order valence-corrected chi connectivity index (χ1v) is 6.24. The number of benzene rings is 2. The molecule has 0 bridgehead atoms. The zero-order valence-corrected chi connectivity index (χ0v) is 11.3. The van der Waals surface area contributed by atoms with Gasteiger partial charge in [-0.1, -0.05) is 33.6 Å². The van der Waals surface area contributed by atoms with E-state index < -0.39 is 17.7 Å². The largest absolute Gasteiger partial charge is 0.383 e. The number of hydrogen-bond acceptors (Lipinski definition) is 1. The molecule has 94 valence electrons. The van der Waals surface area contributed by atoms with E-state index in [9.17, 15) is 13.9 Å². The van der Waals surface area contributed by atoms with E-state index in [1.54, 1.807) is 0 Å². The van der Waals surface area contributed by atoms with Crippen molar-refractivity contribution in [3.05, 3.63) is 68.7 Å². The van der Waals surface area contributed by atoms with Crippen LogP contribution >= 0.6 is 27.5 Å². The third kappa shape index (κ3) is 2.71. The van der Waals surface area contributed by atoms with Crippen LogP contribution in [0, 0.1) is 11.6 Å². The number of aliphatic hydroxyl groups excluding tert-OH is 1. The minimum absolute atomic E-state index is 0.0573. The smallest absolute Gasteiger partial charge is 0.129 e. The molecular formula is C13H8BrClF2O. The van der Waals surface area contributed by atoms with Gasteiger partial charge in [0.25, 0.3) is 0 Å². The first kappa shape index (κ1) is 13.5. The van der Waals surface area contributed by atoms with E-state index in [4.69, 9.17) is 11.6 Å². The Kier molecular flexibility index (Phi) is 4.00. The summed E-state index contributed by atoms with van der Waals surface area (Å²) in [5.74, 6) is -1.06. The first-order valence-electron chi connectivity index (χ1n) is 5.07. The molecular weight excluding hydrogens is 325 g/mol. The molecule has 0 aromatic heterocycles. The number of halogens is 4. The second-order valence-electron chi connectivity index (χ2n) is 3.73. The lowest BCUT2D eigenvalue weighted by Crippen LogP contribution is -2.03. The molecule has 2 aromatic rings. The monoisotopic (exact) mass is 332 g/mol. The predicted octanol–water partition coefficient (Wildman–Crippen LogP) is 4.46. The molecule has 0 fully saturated rings. The van der Waals surface area contributed by atoms with Crippen molar-refractivity contribution in [3.8, 4) is 0 Å². The van der Waals surface area contributed by atoms with Crippen LogP contribution in [0.25, 0.3) is 0 Å². The molecule has 0 aliphatic rings. The van der Waals surface area contributed by atoms with Crippen molar-refractivity contribution in [2.45, 2.75) is 6.10 Å². The van der Waals surface area contributed by atoms with Gasteiger partial charge in [0.1, 0.15) is 17.7 Å². The SMILES string of the molecule is OC(c1cc(Br)ccc1F)c1ccc(F)cc1Cl. The molecule has 1 atom stereocenters. The topological polar surface area (TPSA) is 20.2 Å². The van der Waals surface area contributed by atoms with Crippen LogP contribution in [-0.4, -0.2) is 5.11 Å². The first-order chi connectivity index (χ1) is 8.49. The summed E-state index contributed by atoms with van der Waals surface area (Å²) in [6.45, 7) is 0. The Balaban J connectivity index is 2.47. The highest BCUT2D eigenvalue weighted by Gasteiger charge is 2.18. The van der Waals surface area contributed by atoms with Crippen molar-refractivity contribution in [3.63, 3.8) is 0 Å². The van der Waals surface area contributed by atoms with Crippen molar-refractivity contribution in [2.75, 3.05) is 0 Å². The Bertz CT molecular complexity index is 589. The average molecular weight is 334 g/mol. The summed E-state index contributed by atoms with van der Waals surface area (Å²) >= 11 is 9.03. The molecule has 0 saturated heterocycles. The Morgan fingerprint density at radius 2 is 1.78 bits per heavy atom. The summed E-state index contributed by atoms with van der Waals surface area (Å²) in [5.41, 5.74) is 0.341. The van der Waals surface area contributed by atoms with Crippen LogP contribution < -0.4 is 0 Å². The van der Waals surface area contributed by atoms with E-state index in [1.165, 1.54) is 30.3 Å². The molecule has 2 aromatic carbocycles. The molecule has 5 heteroatoms. The maximum atomic E-state index is 13.6. The molecule has 0 aliphatic heterocycles. The third-order valence-electron chi connectivity index (χ3n) is 2.51. The molecule has 0 amide bonds. The molecule has 0 aliphatic carbocycles. The maximum Gasteiger partial charge on any atom is 0.129 e. The van der Waals surface area contributed by atoms with Crippen LogP contribution in [0.1, 0.15) is 17.2 Å². The van der Waals surface area contributed by atoms with E-state index in [0.717, 1.165) is 6.07 Å². The summed E-state index contributed by atoms with van der Waals surface area (Å²) in [6, 6.07) is 7.80. The van der Waals surface area contributed by atoms with Gasteiger partial charge in [-0.3, -0.25) is 0 Å². The Morgan fingerprint density at radius 1 is 1.06 bits per heavy atom. The van der Waals surface area contributed by atoms with Crippen LogP contribution in [0.4, 0.5) is 8.78 Å². The highest BCUT2D eigenvalue weighted by molar-refractivity contribution is 9.10. The highest BCUT2D eigenvalue weighted by atomic mass is 79.9. The molecule has 0 saturated carbocycles. The van der Waals surface area contributed by atoms with Crippen molar-refractivity contribution in [1.29, 1.82) is 0 Å². The second-order valence-corrected chi connectivity index (χ2v) is 5.06. The predicted molar refractivity (Wildman–Crippen MR) is 69.6 cm³/mol. The lowest BCUT2D eigenvalue weighted by Gasteiger charge is -2.14. The van der Waals surface area contributed by atoms with Crippen molar-refractivity contribution < 1.29 is 13.9 Å². The number of rotatable bonds is 2. The molecule has 2 rings (SSSR count). The van der Waals surface area contributed by atoms with Crippen LogP contribution in [0.3, 0.4) is 0 Å².